The fraction of sp³-hybridized carbons (Fsp3) is 0.125. The number of hydrazine groups is 1. The van der Waals surface area contributed by atoms with Crippen molar-refractivity contribution in [2.45, 2.75) is 13.0 Å². The van der Waals surface area contributed by atoms with Crippen molar-refractivity contribution in [1.82, 2.24) is 5.43 Å². The second-order valence-electron chi connectivity index (χ2n) is 4.70. The largest absolute Gasteiger partial charge is 0.271 e. The number of rotatable bonds is 3. The van der Waals surface area contributed by atoms with Gasteiger partial charge in [-0.25, -0.2) is 5.43 Å². The van der Waals surface area contributed by atoms with E-state index in [1.54, 1.807) is 11.3 Å². The van der Waals surface area contributed by atoms with Crippen LogP contribution in [0.15, 0.2) is 53.9 Å². The molecule has 0 spiro atoms. The summed E-state index contributed by atoms with van der Waals surface area (Å²) in [5.74, 6) is 5.79. The highest BCUT2D eigenvalue weighted by molar-refractivity contribution is 7.17. The Morgan fingerprint density at radius 3 is 2.74 bits per heavy atom. The van der Waals surface area contributed by atoms with Crippen LogP contribution in [0.1, 0.15) is 22.7 Å². The minimum absolute atomic E-state index is 0.0380. The Bertz CT molecular complexity index is 703. The zero-order valence-corrected chi connectivity index (χ0v) is 11.6. The molecule has 1 heterocycles. The number of nitrogens with one attached hydrogen (secondary N) is 1. The van der Waals surface area contributed by atoms with Gasteiger partial charge in [-0.3, -0.25) is 5.84 Å². The fourth-order valence-electron chi connectivity index (χ4n) is 2.44. The SMILES string of the molecule is Cc1cccc(C(NN)c2csc3ccccc23)c1. The van der Waals surface area contributed by atoms with Crippen LogP contribution >= 0.6 is 11.3 Å². The van der Waals surface area contributed by atoms with Crippen molar-refractivity contribution in [2.24, 2.45) is 5.84 Å². The molecule has 0 aliphatic carbocycles. The quantitative estimate of drug-likeness (QED) is 0.560. The number of nitrogens with two attached hydrogens (primary N) is 1. The van der Waals surface area contributed by atoms with E-state index >= 15 is 0 Å². The van der Waals surface area contributed by atoms with E-state index in [2.05, 4.69) is 66.3 Å². The third-order valence-corrected chi connectivity index (χ3v) is 4.35. The van der Waals surface area contributed by atoms with Gasteiger partial charge in [0.2, 0.25) is 0 Å². The second-order valence-corrected chi connectivity index (χ2v) is 5.61. The van der Waals surface area contributed by atoms with Crippen LogP contribution < -0.4 is 11.3 Å². The van der Waals surface area contributed by atoms with E-state index in [-0.39, 0.29) is 6.04 Å². The highest BCUT2D eigenvalue weighted by Gasteiger charge is 2.16. The molecular formula is C16H16N2S. The van der Waals surface area contributed by atoms with E-state index in [0.29, 0.717) is 0 Å². The van der Waals surface area contributed by atoms with Gasteiger partial charge in [0, 0.05) is 4.70 Å². The topological polar surface area (TPSA) is 38.0 Å². The Balaban J connectivity index is 2.12. The summed E-state index contributed by atoms with van der Waals surface area (Å²) in [6.07, 6.45) is 0. The summed E-state index contributed by atoms with van der Waals surface area (Å²) in [5, 5.41) is 3.47. The molecule has 0 amide bonds. The summed E-state index contributed by atoms with van der Waals surface area (Å²) in [4.78, 5) is 0. The Morgan fingerprint density at radius 2 is 1.95 bits per heavy atom. The summed E-state index contributed by atoms with van der Waals surface area (Å²) in [7, 11) is 0. The van der Waals surface area contributed by atoms with E-state index in [1.807, 2.05) is 0 Å². The average Bonchev–Trinajstić information content (AvgIpc) is 2.84. The van der Waals surface area contributed by atoms with Crippen molar-refractivity contribution in [3.63, 3.8) is 0 Å². The van der Waals surface area contributed by atoms with Crippen LogP contribution in [-0.2, 0) is 0 Å². The van der Waals surface area contributed by atoms with Gasteiger partial charge in [-0.15, -0.1) is 11.3 Å². The van der Waals surface area contributed by atoms with Gasteiger partial charge in [0.15, 0.2) is 0 Å². The molecule has 1 atom stereocenters. The molecule has 0 fully saturated rings. The lowest BCUT2D eigenvalue weighted by molar-refractivity contribution is 0.642. The Morgan fingerprint density at radius 1 is 1.11 bits per heavy atom. The molecule has 3 N–H and O–H groups in total. The zero-order valence-electron chi connectivity index (χ0n) is 10.8. The van der Waals surface area contributed by atoms with Crippen LogP contribution in [0.25, 0.3) is 10.1 Å². The van der Waals surface area contributed by atoms with E-state index in [1.165, 1.54) is 26.8 Å². The maximum atomic E-state index is 5.79. The lowest BCUT2D eigenvalue weighted by Crippen LogP contribution is -2.28. The highest BCUT2D eigenvalue weighted by atomic mass is 32.1. The van der Waals surface area contributed by atoms with Crippen LogP contribution in [-0.4, -0.2) is 0 Å². The van der Waals surface area contributed by atoms with Crippen molar-refractivity contribution in [3.05, 3.63) is 70.6 Å². The molecule has 2 aromatic carbocycles. The van der Waals surface area contributed by atoms with Gasteiger partial charge < -0.3 is 0 Å². The lowest BCUT2D eigenvalue weighted by atomic mass is 9.97. The van der Waals surface area contributed by atoms with Gasteiger partial charge in [0.1, 0.15) is 0 Å². The van der Waals surface area contributed by atoms with E-state index < -0.39 is 0 Å². The van der Waals surface area contributed by atoms with Gasteiger partial charge in [-0.05, 0) is 34.9 Å². The third-order valence-electron chi connectivity index (χ3n) is 3.36. The number of benzene rings is 2. The van der Waals surface area contributed by atoms with Crippen molar-refractivity contribution in [3.8, 4) is 0 Å². The first-order valence-corrected chi connectivity index (χ1v) is 7.16. The summed E-state index contributed by atoms with van der Waals surface area (Å²) in [6.45, 7) is 2.10. The minimum atomic E-state index is 0.0380. The van der Waals surface area contributed by atoms with E-state index in [4.69, 9.17) is 5.84 Å². The average molecular weight is 268 g/mol. The fourth-order valence-corrected chi connectivity index (χ4v) is 3.42. The molecule has 1 unspecified atom stereocenters. The zero-order chi connectivity index (χ0) is 13.2. The van der Waals surface area contributed by atoms with Crippen LogP contribution in [0, 0.1) is 6.92 Å². The lowest BCUT2D eigenvalue weighted by Gasteiger charge is -2.16. The molecule has 0 aliphatic heterocycles. The first kappa shape index (κ1) is 12.4. The second kappa shape index (κ2) is 5.13. The Hall–Kier alpha value is -1.68. The number of hydrogen-bond acceptors (Lipinski definition) is 3. The first-order valence-electron chi connectivity index (χ1n) is 6.28. The number of aryl methyl sites for hydroxylation is 1. The van der Waals surface area contributed by atoms with Gasteiger partial charge in [-0.1, -0.05) is 48.0 Å². The molecule has 3 heteroatoms. The Kier molecular flexibility index (Phi) is 3.34. The monoisotopic (exact) mass is 268 g/mol. The minimum Gasteiger partial charge on any atom is -0.271 e. The van der Waals surface area contributed by atoms with E-state index in [0.717, 1.165) is 0 Å². The van der Waals surface area contributed by atoms with Gasteiger partial charge in [0.25, 0.3) is 0 Å². The molecule has 2 nitrogen and oxygen atoms in total. The molecule has 0 saturated heterocycles. The predicted octanol–water partition coefficient (Wildman–Crippen LogP) is 3.76. The maximum absolute atomic E-state index is 5.79. The molecule has 96 valence electrons. The molecule has 0 saturated carbocycles. The normalized spacial score (nSPS) is 12.7. The van der Waals surface area contributed by atoms with Crippen molar-refractivity contribution in [2.75, 3.05) is 0 Å². The standard InChI is InChI=1S/C16H16N2S/c1-11-5-4-6-12(9-11)16(18-17)14-10-19-15-8-3-2-7-13(14)15/h2-10,16,18H,17H2,1H3. The van der Waals surface area contributed by atoms with Crippen molar-refractivity contribution >= 4 is 21.4 Å². The number of fused-ring (bicyclic) bond motifs is 1. The summed E-state index contributed by atoms with van der Waals surface area (Å²) >= 11 is 1.76. The van der Waals surface area contributed by atoms with Gasteiger partial charge >= 0.3 is 0 Å². The summed E-state index contributed by atoms with van der Waals surface area (Å²) in [5.41, 5.74) is 6.64. The first-order chi connectivity index (χ1) is 9.29. The molecule has 3 rings (SSSR count). The molecule has 3 aromatic rings. The number of hydrogen-bond donors (Lipinski definition) is 2. The molecular weight excluding hydrogens is 252 g/mol. The Labute approximate surface area is 116 Å². The van der Waals surface area contributed by atoms with Crippen LogP contribution in [0.4, 0.5) is 0 Å². The summed E-state index contributed by atoms with van der Waals surface area (Å²) in [6, 6.07) is 16.9. The third kappa shape index (κ3) is 2.28. The van der Waals surface area contributed by atoms with Gasteiger partial charge in [0.05, 0.1) is 6.04 Å². The van der Waals surface area contributed by atoms with E-state index in [9.17, 15) is 0 Å². The van der Waals surface area contributed by atoms with Crippen LogP contribution in [0.5, 0.6) is 0 Å². The molecule has 0 bridgehead atoms. The maximum Gasteiger partial charge on any atom is 0.0724 e. The van der Waals surface area contributed by atoms with Gasteiger partial charge in [-0.2, -0.15) is 0 Å². The molecule has 1 aromatic heterocycles. The molecule has 19 heavy (non-hydrogen) atoms. The van der Waals surface area contributed by atoms with Crippen LogP contribution in [0.3, 0.4) is 0 Å². The summed E-state index contributed by atoms with van der Waals surface area (Å²) < 4.78 is 1.30. The van der Waals surface area contributed by atoms with Crippen molar-refractivity contribution in [1.29, 1.82) is 0 Å². The van der Waals surface area contributed by atoms with Crippen molar-refractivity contribution < 1.29 is 0 Å². The number of thiophene rings is 1. The molecule has 0 radical (unpaired) electrons. The smallest absolute Gasteiger partial charge is 0.0724 e. The highest BCUT2D eigenvalue weighted by Crippen LogP contribution is 2.33. The molecule has 0 aliphatic rings. The van der Waals surface area contributed by atoms with Crippen LogP contribution in [0.2, 0.25) is 0 Å². The predicted molar refractivity (Wildman–Crippen MR) is 82.2 cm³/mol.